The van der Waals surface area contributed by atoms with Crippen molar-refractivity contribution in [2.45, 2.75) is 13.0 Å². The molecule has 7 heteroatoms. The highest BCUT2D eigenvalue weighted by molar-refractivity contribution is 9.10. The first-order valence-electron chi connectivity index (χ1n) is 6.71. The van der Waals surface area contributed by atoms with Gasteiger partial charge in [0.15, 0.2) is 0 Å². The average molecular weight is 356 g/mol. The second-order valence-corrected chi connectivity index (χ2v) is 5.72. The standard InChI is InChI=1S/C14H18BrN3O3/c1-9-6-10(15)2-3-11(9)18-13(19)7-17-14(20)12-8-21-5-4-16-12/h2-3,6,12,16H,4-5,7-8H2,1H3,(H,17,20)(H,18,19). The smallest absolute Gasteiger partial charge is 0.243 e. The minimum atomic E-state index is -0.388. The van der Waals surface area contributed by atoms with Crippen molar-refractivity contribution in [3.05, 3.63) is 28.2 Å². The number of nitrogens with one attached hydrogen (secondary N) is 3. The van der Waals surface area contributed by atoms with E-state index in [4.69, 9.17) is 4.74 Å². The highest BCUT2D eigenvalue weighted by atomic mass is 79.9. The second kappa shape index (κ2) is 7.53. The number of hydrogen-bond acceptors (Lipinski definition) is 4. The molecular weight excluding hydrogens is 338 g/mol. The Hall–Kier alpha value is -1.44. The van der Waals surface area contributed by atoms with Crippen LogP contribution in [-0.2, 0) is 14.3 Å². The highest BCUT2D eigenvalue weighted by Gasteiger charge is 2.21. The molecule has 1 heterocycles. The predicted molar refractivity (Wildman–Crippen MR) is 83.1 cm³/mol. The molecule has 21 heavy (non-hydrogen) atoms. The molecule has 0 aromatic heterocycles. The van der Waals surface area contributed by atoms with Crippen LogP contribution in [0.2, 0.25) is 0 Å². The van der Waals surface area contributed by atoms with Crippen molar-refractivity contribution < 1.29 is 14.3 Å². The molecule has 1 aromatic carbocycles. The molecule has 0 saturated carbocycles. The van der Waals surface area contributed by atoms with Gasteiger partial charge in [0, 0.05) is 16.7 Å². The Morgan fingerprint density at radius 2 is 2.29 bits per heavy atom. The van der Waals surface area contributed by atoms with Crippen LogP contribution in [0.15, 0.2) is 22.7 Å². The van der Waals surface area contributed by atoms with Crippen molar-refractivity contribution in [3.8, 4) is 0 Å². The van der Waals surface area contributed by atoms with Crippen LogP contribution in [0, 0.1) is 6.92 Å². The van der Waals surface area contributed by atoms with Crippen molar-refractivity contribution in [2.75, 3.05) is 31.6 Å². The van der Waals surface area contributed by atoms with Gasteiger partial charge in [0.05, 0.1) is 19.8 Å². The number of rotatable bonds is 4. The lowest BCUT2D eigenvalue weighted by atomic mass is 10.2. The Kier molecular flexibility index (Phi) is 5.72. The Labute approximate surface area is 131 Å². The summed E-state index contributed by atoms with van der Waals surface area (Å²) in [6, 6.07) is 5.19. The minimum Gasteiger partial charge on any atom is -0.378 e. The van der Waals surface area contributed by atoms with E-state index in [0.29, 0.717) is 19.8 Å². The maximum atomic E-state index is 11.8. The average Bonchev–Trinajstić information content (AvgIpc) is 2.48. The van der Waals surface area contributed by atoms with Crippen LogP contribution in [0.3, 0.4) is 0 Å². The Morgan fingerprint density at radius 3 is 2.95 bits per heavy atom. The van der Waals surface area contributed by atoms with Crippen molar-refractivity contribution in [1.29, 1.82) is 0 Å². The number of hydrogen-bond donors (Lipinski definition) is 3. The van der Waals surface area contributed by atoms with Gasteiger partial charge in [-0.2, -0.15) is 0 Å². The molecule has 1 atom stereocenters. The van der Waals surface area contributed by atoms with E-state index < -0.39 is 0 Å². The van der Waals surface area contributed by atoms with Gasteiger partial charge in [-0.1, -0.05) is 15.9 Å². The molecule has 3 N–H and O–H groups in total. The zero-order valence-electron chi connectivity index (χ0n) is 11.7. The quantitative estimate of drug-likeness (QED) is 0.746. The van der Waals surface area contributed by atoms with Crippen molar-refractivity contribution in [1.82, 2.24) is 10.6 Å². The molecular formula is C14H18BrN3O3. The number of benzene rings is 1. The molecule has 1 unspecified atom stereocenters. The first kappa shape index (κ1) is 15.9. The van der Waals surface area contributed by atoms with Gasteiger partial charge in [0.2, 0.25) is 11.8 Å². The van der Waals surface area contributed by atoms with E-state index in [9.17, 15) is 9.59 Å². The van der Waals surface area contributed by atoms with E-state index in [1.54, 1.807) is 0 Å². The highest BCUT2D eigenvalue weighted by Crippen LogP contribution is 2.19. The van der Waals surface area contributed by atoms with Crippen molar-refractivity contribution in [2.24, 2.45) is 0 Å². The van der Waals surface area contributed by atoms with Crippen molar-refractivity contribution in [3.63, 3.8) is 0 Å². The third-order valence-electron chi connectivity index (χ3n) is 3.12. The van der Waals surface area contributed by atoms with Gasteiger partial charge in [-0.25, -0.2) is 0 Å². The Morgan fingerprint density at radius 1 is 1.48 bits per heavy atom. The van der Waals surface area contributed by atoms with Gasteiger partial charge in [-0.05, 0) is 30.7 Å². The fraction of sp³-hybridized carbons (Fsp3) is 0.429. The summed E-state index contributed by atoms with van der Waals surface area (Å²) in [7, 11) is 0. The number of carbonyl (C=O) groups is 2. The van der Waals surface area contributed by atoms with Crippen LogP contribution in [0.5, 0.6) is 0 Å². The Bertz CT molecular complexity index is 530. The molecule has 114 valence electrons. The molecule has 1 saturated heterocycles. The second-order valence-electron chi connectivity index (χ2n) is 4.81. The summed E-state index contributed by atoms with van der Waals surface area (Å²) in [5.74, 6) is -0.483. The van der Waals surface area contributed by atoms with Gasteiger partial charge >= 0.3 is 0 Å². The summed E-state index contributed by atoms with van der Waals surface area (Å²) < 4.78 is 6.16. The van der Waals surface area contributed by atoms with Crippen LogP contribution in [0.1, 0.15) is 5.56 Å². The lowest BCUT2D eigenvalue weighted by molar-refractivity contribution is -0.128. The molecule has 0 bridgehead atoms. The van der Waals surface area contributed by atoms with E-state index in [-0.39, 0.29) is 24.4 Å². The van der Waals surface area contributed by atoms with Gasteiger partial charge < -0.3 is 20.7 Å². The molecule has 6 nitrogen and oxygen atoms in total. The Balaban J connectivity index is 1.80. The number of amides is 2. The van der Waals surface area contributed by atoms with Crippen LogP contribution in [-0.4, -0.2) is 44.2 Å². The fourth-order valence-electron chi connectivity index (χ4n) is 1.99. The van der Waals surface area contributed by atoms with E-state index >= 15 is 0 Å². The number of carbonyl (C=O) groups excluding carboxylic acids is 2. The van der Waals surface area contributed by atoms with Crippen LogP contribution >= 0.6 is 15.9 Å². The maximum Gasteiger partial charge on any atom is 0.243 e. The summed E-state index contributed by atoms with van der Waals surface area (Å²) in [6.07, 6.45) is 0. The number of morpholine rings is 1. The van der Waals surface area contributed by atoms with E-state index in [1.165, 1.54) is 0 Å². The molecule has 1 aliphatic rings. The van der Waals surface area contributed by atoms with E-state index in [2.05, 4.69) is 31.9 Å². The zero-order chi connectivity index (χ0) is 15.2. The van der Waals surface area contributed by atoms with E-state index in [1.807, 2.05) is 25.1 Å². The summed E-state index contributed by atoms with van der Waals surface area (Å²) in [4.78, 5) is 23.7. The summed E-state index contributed by atoms with van der Waals surface area (Å²) >= 11 is 3.37. The SMILES string of the molecule is Cc1cc(Br)ccc1NC(=O)CNC(=O)C1COCCN1. The van der Waals surface area contributed by atoms with Crippen LogP contribution in [0.25, 0.3) is 0 Å². The molecule has 1 fully saturated rings. The van der Waals surface area contributed by atoms with Gasteiger partial charge in [-0.15, -0.1) is 0 Å². The van der Waals surface area contributed by atoms with Gasteiger partial charge in [0.25, 0.3) is 0 Å². The van der Waals surface area contributed by atoms with Crippen LogP contribution < -0.4 is 16.0 Å². The molecule has 1 aliphatic heterocycles. The molecule has 2 rings (SSSR count). The van der Waals surface area contributed by atoms with Crippen LogP contribution in [0.4, 0.5) is 5.69 Å². The lowest BCUT2D eigenvalue weighted by Crippen LogP contribution is -2.52. The monoisotopic (exact) mass is 355 g/mol. The lowest BCUT2D eigenvalue weighted by Gasteiger charge is -2.22. The number of halogens is 1. The normalized spacial score (nSPS) is 18.1. The number of anilines is 1. The minimum absolute atomic E-state index is 0.0630. The number of aryl methyl sites for hydroxylation is 1. The molecule has 0 radical (unpaired) electrons. The first-order valence-corrected chi connectivity index (χ1v) is 7.50. The third-order valence-corrected chi connectivity index (χ3v) is 3.62. The largest absolute Gasteiger partial charge is 0.378 e. The summed E-state index contributed by atoms with van der Waals surface area (Å²) in [5, 5.41) is 8.40. The molecule has 0 aliphatic carbocycles. The summed E-state index contributed by atoms with van der Waals surface area (Å²) in [6.45, 7) is 3.42. The zero-order valence-corrected chi connectivity index (χ0v) is 13.3. The maximum absolute atomic E-state index is 11.8. The fourth-order valence-corrected chi connectivity index (χ4v) is 2.46. The first-order chi connectivity index (χ1) is 10.1. The number of ether oxygens (including phenoxy) is 1. The van der Waals surface area contributed by atoms with E-state index in [0.717, 1.165) is 15.7 Å². The van der Waals surface area contributed by atoms with Gasteiger partial charge in [-0.3, -0.25) is 9.59 Å². The summed E-state index contributed by atoms with van der Waals surface area (Å²) in [5.41, 5.74) is 1.68. The van der Waals surface area contributed by atoms with Gasteiger partial charge in [0.1, 0.15) is 6.04 Å². The molecule has 1 aromatic rings. The predicted octanol–water partition coefficient (Wildman–Crippen LogP) is 0.801. The molecule has 0 spiro atoms. The third kappa shape index (κ3) is 4.80. The molecule has 2 amide bonds. The topological polar surface area (TPSA) is 79.5 Å². The van der Waals surface area contributed by atoms with Crippen molar-refractivity contribution >= 4 is 33.4 Å².